The average molecular weight is 326 g/mol. The highest BCUT2D eigenvalue weighted by molar-refractivity contribution is 7.90. The Labute approximate surface area is 133 Å². The molecular weight excluding hydrogens is 300 g/mol. The van der Waals surface area contributed by atoms with Crippen LogP contribution in [0.1, 0.15) is 30.5 Å². The SMILES string of the molecule is CCc1ccc(C(CNC(=O)CCS(C)(=O)=O)N(C)C)cc1. The lowest BCUT2D eigenvalue weighted by Crippen LogP contribution is -2.35. The van der Waals surface area contributed by atoms with Gasteiger partial charge >= 0.3 is 0 Å². The van der Waals surface area contributed by atoms with Crippen LogP contribution in [0, 0.1) is 0 Å². The minimum atomic E-state index is -3.11. The number of nitrogens with zero attached hydrogens (tertiary/aromatic N) is 1. The van der Waals surface area contributed by atoms with E-state index >= 15 is 0 Å². The van der Waals surface area contributed by atoms with E-state index in [2.05, 4.69) is 36.5 Å². The molecule has 1 unspecified atom stereocenters. The zero-order chi connectivity index (χ0) is 16.8. The fourth-order valence-corrected chi connectivity index (χ4v) is 2.71. The predicted octanol–water partition coefficient (Wildman–Crippen LogP) is 1.40. The number of rotatable bonds is 8. The Hall–Kier alpha value is -1.40. The zero-order valence-corrected chi connectivity index (χ0v) is 14.6. The second-order valence-corrected chi connectivity index (χ2v) is 8.02. The van der Waals surface area contributed by atoms with Gasteiger partial charge in [0.05, 0.1) is 11.8 Å². The van der Waals surface area contributed by atoms with E-state index in [0.717, 1.165) is 18.2 Å². The predicted molar refractivity (Wildman–Crippen MR) is 89.6 cm³/mol. The average Bonchev–Trinajstić information content (AvgIpc) is 2.45. The van der Waals surface area contributed by atoms with Crippen LogP contribution in [0.3, 0.4) is 0 Å². The Balaban J connectivity index is 2.62. The molecule has 0 aliphatic carbocycles. The summed E-state index contributed by atoms with van der Waals surface area (Å²) in [4.78, 5) is 13.8. The smallest absolute Gasteiger partial charge is 0.221 e. The second kappa shape index (κ2) is 8.29. The Bertz CT molecular complexity index is 580. The Morgan fingerprint density at radius 3 is 2.27 bits per heavy atom. The van der Waals surface area contributed by atoms with Crippen molar-refractivity contribution in [2.45, 2.75) is 25.8 Å². The third-order valence-corrected chi connectivity index (χ3v) is 4.53. The molecule has 22 heavy (non-hydrogen) atoms. The molecule has 6 heteroatoms. The van der Waals surface area contributed by atoms with E-state index in [0.29, 0.717) is 6.54 Å². The molecule has 0 aliphatic rings. The summed E-state index contributed by atoms with van der Waals surface area (Å²) < 4.78 is 22.2. The van der Waals surface area contributed by atoms with Gasteiger partial charge in [0.2, 0.25) is 5.91 Å². The van der Waals surface area contributed by atoms with Crippen molar-refractivity contribution in [3.05, 3.63) is 35.4 Å². The molecule has 1 aromatic carbocycles. The van der Waals surface area contributed by atoms with Crippen LogP contribution in [0.15, 0.2) is 24.3 Å². The molecule has 0 saturated heterocycles. The zero-order valence-electron chi connectivity index (χ0n) is 13.8. The van der Waals surface area contributed by atoms with Crippen molar-refractivity contribution >= 4 is 15.7 Å². The summed E-state index contributed by atoms with van der Waals surface area (Å²) in [5, 5.41) is 2.82. The Kier molecular flexibility index (Phi) is 7.03. The van der Waals surface area contributed by atoms with Crippen LogP contribution in [0.5, 0.6) is 0 Å². The van der Waals surface area contributed by atoms with Crippen LogP contribution < -0.4 is 5.32 Å². The molecule has 0 bridgehead atoms. The molecule has 1 rings (SSSR count). The number of aryl methyl sites for hydroxylation is 1. The number of carbonyl (C=O) groups excluding carboxylic acids is 1. The molecule has 1 atom stereocenters. The number of amides is 1. The van der Waals surface area contributed by atoms with Gasteiger partial charge in [0.25, 0.3) is 0 Å². The lowest BCUT2D eigenvalue weighted by molar-refractivity contribution is -0.120. The number of nitrogens with one attached hydrogen (secondary N) is 1. The fourth-order valence-electron chi connectivity index (χ4n) is 2.15. The van der Waals surface area contributed by atoms with Crippen molar-refractivity contribution < 1.29 is 13.2 Å². The molecule has 0 spiro atoms. The largest absolute Gasteiger partial charge is 0.354 e. The molecule has 124 valence electrons. The van der Waals surface area contributed by atoms with Gasteiger partial charge in [-0.05, 0) is 31.6 Å². The summed E-state index contributed by atoms with van der Waals surface area (Å²) in [6.45, 7) is 2.57. The minimum absolute atomic E-state index is 0.00769. The van der Waals surface area contributed by atoms with Crippen molar-refractivity contribution in [1.29, 1.82) is 0 Å². The maximum absolute atomic E-state index is 11.8. The summed E-state index contributed by atoms with van der Waals surface area (Å²) in [7, 11) is 0.814. The lowest BCUT2D eigenvalue weighted by atomic mass is 10.0. The Morgan fingerprint density at radius 2 is 1.82 bits per heavy atom. The van der Waals surface area contributed by atoms with Gasteiger partial charge in [-0.1, -0.05) is 31.2 Å². The van der Waals surface area contributed by atoms with Crippen LogP contribution in [0.25, 0.3) is 0 Å². The van der Waals surface area contributed by atoms with Crippen LogP contribution in [-0.4, -0.2) is 51.9 Å². The molecule has 1 aromatic rings. The van der Waals surface area contributed by atoms with Gasteiger partial charge < -0.3 is 10.2 Å². The molecule has 0 aliphatic heterocycles. The summed E-state index contributed by atoms with van der Waals surface area (Å²) in [6, 6.07) is 8.40. The molecule has 5 nitrogen and oxygen atoms in total. The van der Waals surface area contributed by atoms with Gasteiger partial charge in [0, 0.05) is 19.2 Å². The first kappa shape index (κ1) is 18.6. The number of sulfone groups is 1. The van der Waals surface area contributed by atoms with Crippen molar-refractivity contribution in [2.75, 3.05) is 32.6 Å². The first-order valence-corrected chi connectivity index (χ1v) is 9.48. The van der Waals surface area contributed by atoms with Gasteiger partial charge in [-0.3, -0.25) is 4.79 Å². The lowest BCUT2D eigenvalue weighted by Gasteiger charge is -2.25. The van der Waals surface area contributed by atoms with Gasteiger partial charge in [0.1, 0.15) is 9.84 Å². The van der Waals surface area contributed by atoms with Crippen molar-refractivity contribution in [2.24, 2.45) is 0 Å². The van der Waals surface area contributed by atoms with Gasteiger partial charge in [-0.15, -0.1) is 0 Å². The van der Waals surface area contributed by atoms with Crippen LogP contribution in [-0.2, 0) is 21.1 Å². The standard InChI is InChI=1S/C16H26N2O3S/c1-5-13-6-8-14(9-7-13)15(18(2)3)12-17-16(19)10-11-22(4,20)21/h6-9,15H,5,10-12H2,1-4H3,(H,17,19). The second-order valence-electron chi connectivity index (χ2n) is 5.76. The number of benzene rings is 1. The molecule has 0 radical (unpaired) electrons. The first-order chi connectivity index (χ1) is 10.2. The van der Waals surface area contributed by atoms with Crippen LogP contribution in [0.4, 0.5) is 0 Å². The third-order valence-electron chi connectivity index (χ3n) is 3.59. The number of hydrogen-bond acceptors (Lipinski definition) is 4. The van der Waals surface area contributed by atoms with Crippen molar-refractivity contribution in [3.63, 3.8) is 0 Å². The number of carbonyl (C=O) groups is 1. The van der Waals surface area contributed by atoms with Gasteiger partial charge in [0.15, 0.2) is 0 Å². The summed E-state index contributed by atoms with van der Waals surface area (Å²) in [5.74, 6) is -0.348. The molecule has 1 N–H and O–H groups in total. The summed E-state index contributed by atoms with van der Waals surface area (Å²) >= 11 is 0. The maximum atomic E-state index is 11.8. The minimum Gasteiger partial charge on any atom is -0.354 e. The van der Waals surface area contributed by atoms with E-state index in [1.807, 2.05) is 19.0 Å². The van der Waals surface area contributed by atoms with E-state index in [4.69, 9.17) is 0 Å². The summed E-state index contributed by atoms with van der Waals surface area (Å²) in [5.41, 5.74) is 2.41. The quantitative estimate of drug-likeness (QED) is 0.784. The number of likely N-dealkylation sites (N-methyl/N-ethyl adjacent to an activating group) is 1. The molecular formula is C16H26N2O3S. The monoisotopic (exact) mass is 326 g/mol. The highest BCUT2D eigenvalue weighted by Crippen LogP contribution is 2.18. The molecule has 0 saturated carbocycles. The van der Waals surface area contributed by atoms with E-state index in [1.165, 1.54) is 5.56 Å². The molecule has 0 heterocycles. The van der Waals surface area contributed by atoms with E-state index in [-0.39, 0.29) is 24.1 Å². The fraction of sp³-hybridized carbons (Fsp3) is 0.562. The Morgan fingerprint density at radius 1 is 1.23 bits per heavy atom. The van der Waals surface area contributed by atoms with E-state index in [9.17, 15) is 13.2 Å². The number of hydrogen-bond donors (Lipinski definition) is 1. The normalized spacial score (nSPS) is 13.1. The highest BCUT2D eigenvalue weighted by atomic mass is 32.2. The van der Waals surface area contributed by atoms with Crippen molar-refractivity contribution in [3.8, 4) is 0 Å². The molecule has 1 amide bonds. The molecule has 0 fully saturated rings. The summed E-state index contributed by atoms with van der Waals surface area (Å²) in [6.07, 6.45) is 2.14. The van der Waals surface area contributed by atoms with Crippen LogP contribution >= 0.6 is 0 Å². The first-order valence-electron chi connectivity index (χ1n) is 7.42. The van der Waals surface area contributed by atoms with Crippen LogP contribution in [0.2, 0.25) is 0 Å². The highest BCUT2D eigenvalue weighted by Gasteiger charge is 2.16. The van der Waals surface area contributed by atoms with Gasteiger partial charge in [-0.2, -0.15) is 0 Å². The van der Waals surface area contributed by atoms with E-state index in [1.54, 1.807) is 0 Å². The molecule has 0 aromatic heterocycles. The van der Waals surface area contributed by atoms with Crippen molar-refractivity contribution in [1.82, 2.24) is 10.2 Å². The topological polar surface area (TPSA) is 66.5 Å². The van der Waals surface area contributed by atoms with E-state index < -0.39 is 9.84 Å². The maximum Gasteiger partial charge on any atom is 0.221 e. The third kappa shape index (κ3) is 6.58. The van der Waals surface area contributed by atoms with Gasteiger partial charge in [-0.25, -0.2) is 8.42 Å².